The maximum Gasteiger partial charge on any atom is 0.251 e. The highest BCUT2D eigenvalue weighted by Crippen LogP contribution is 2.41. The van der Waals surface area contributed by atoms with Crippen LogP contribution in [0, 0.1) is 6.92 Å². The van der Waals surface area contributed by atoms with Crippen LogP contribution < -0.4 is 15.4 Å². The molecule has 0 aromatic heterocycles. The van der Waals surface area contributed by atoms with Crippen LogP contribution in [0.3, 0.4) is 0 Å². The van der Waals surface area contributed by atoms with Crippen LogP contribution in [-0.2, 0) is 16.8 Å². The van der Waals surface area contributed by atoms with Crippen LogP contribution in [0.2, 0.25) is 0 Å². The highest BCUT2D eigenvalue weighted by Gasteiger charge is 2.40. The normalized spacial score (nSPS) is 24.6. The smallest absolute Gasteiger partial charge is 0.251 e. The molecule has 0 bridgehead atoms. The van der Waals surface area contributed by atoms with Crippen LogP contribution in [-0.4, -0.2) is 60.1 Å². The standard InChI is InChI=1S/C27H33N3O4/c1-18-3-2-4-20(13-18)26(32)28-15-25(31)29-22-16-30(17-22)23-7-10-27(33,11-8-23)21-6-5-19-9-12-34-24(19)14-21/h2-6,13-14,22-23,33H,7-12,15-17H2,1H3,(H,28,32)(H,29,31)/t23-,27-. The van der Waals surface area contributed by atoms with E-state index in [4.69, 9.17) is 4.74 Å². The fourth-order valence-corrected chi connectivity index (χ4v) is 5.42. The molecule has 1 aliphatic carbocycles. The number of amides is 2. The van der Waals surface area contributed by atoms with Crippen LogP contribution >= 0.6 is 0 Å². The third-order valence-electron chi connectivity index (χ3n) is 7.50. The van der Waals surface area contributed by atoms with Crippen molar-refractivity contribution in [3.8, 4) is 5.75 Å². The molecule has 2 amide bonds. The number of benzene rings is 2. The summed E-state index contributed by atoms with van der Waals surface area (Å²) in [6, 6.07) is 14.0. The van der Waals surface area contributed by atoms with Crippen molar-refractivity contribution in [3.05, 3.63) is 64.7 Å². The Balaban J connectivity index is 1.04. The first kappa shape index (κ1) is 22.9. The molecule has 5 rings (SSSR count). The van der Waals surface area contributed by atoms with E-state index in [1.54, 1.807) is 12.1 Å². The molecular formula is C27H33N3O4. The lowest BCUT2D eigenvalue weighted by Gasteiger charge is -2.48. The van der Waals surface area contributed by atoms with Gasteiger partial charge < -0.3 is 20.5 Å². The van der Waals surface area contributed by atoms with Crippen molar-refractivity contribution in [1.29, 1.82) is 0 Å². The number of aryl methyl sites for hydroxylation is 1. The Bertz CT molecular complexity index is 1070. The number of hydrogen-bond donors (Lipinski definition) is 3. The Kier molecular flexibility index (Phi) is 6.32. The zero-order chi connectivity index (χ0) is 23.7. The zero-order valence-electron chi connectivity index (χ0n) is 19.7. The maximum absolute atomic E-state index is 12.3. The monoisotopic (exact) mass is 463 g/mol. The molecule has 2 aromatic carbocycles. The molecule has 3 N–H and O–H groups in total. The first-order valence-electron chi connectivity index (χ1n) is 12.3. The van der Waals surface area contributed by atoms with Crippen LogP contribution in [0.1, 0.15) is 52.7 Å². The lowest BCUT2D eigenvalue weighted by Crippen LogP contribution is -2.63. The summed E-state index contributed by atoms with van der Waals surface area (Å²) in [5.74, 6) is 0.519. The summed E-state index contributed by atoms with van der Waals surface area (Å²) in [5.41, 5.74) is 2.98. The fourth-order valence-electron chi connectivity index (χ4n) is 5.42. The van der Waals surface area contributed by atoms with Crippen molar-refractivity contribution in [2.24, 2.45) is 0 Å². The van der Waals surface area contributed by atoms with Gasteiger partial charge in [0, 0.05) is 31.1 Å². The van der Waals surface area contributed by atoms with Crippen LogP contribution in [0.4, 0.5) is 0 Å². The van der Waals surface area contributed by atoms with Crippen molar-refractivity contribution < 1.29 is 19.4 Å². The molecule has 2 aromatic rings. The van der Waals surface area contributed by atoms with Gasteiger partial charge in [-0.15, -0.1) is 0 Å². The average Bonchev–Trinajstić information content (AvgIpc) is 3.28. The number of nitrogens with one attached hydrogen (secondary N) is 2. The van der Waals surface area contributed by atoms with E-state index in [0.717, 1.165) is 68.7 Å². The second kappa shape index (κ2) is 9.39. The van der Waals surface area contributed by atoms with E-state index in [0.29, 0.717) is 11.6 Å². The summed E-state index contributed by atoms with van der Waals surface area (Å²) in [6.07, 6.45) is 4.27. The molecule has 2 fully saturated rings. The molecular weight excluding hydrogens is 430 g/mol. The number of ether oxygens (including phenoxy) is 1. The summed E-state index contributed by atoms with van der Waals surface area (Å²) in [4.78, 5) is 26.9. The van der Waals surface area contributed by atoms with E-state index in [2.05, 4.69) is 27.7 Å². The van der Waals surface area contributed by atoms with Crippen LogP contribution in [0.5, 0.6) is 5.75 Å². The van der Waals surface area contributed by atoms with Crippen molar-refractivity contribution in [3.63, 3.8) is 0 Å². The molecule has 0 unspecified atom stereocenters. The second-order valence-electron chi connectivity index (χ2n) is 9.95. The minimum atomic E-state index is -0.786. The van der Waals surface area contributed by atoms with Crippen molar-refractivity contribution >= 4 is 11.8 Å². The largest absolute Gasteiger partial charge is 0.493 e. The fraction of sp³-hybridized carbons (Fsp3) is 0.481. The number of carbonyl (C=O) groups excluding carboxylic acids is 2. The number of hydrogen-bond acceptors (Lipinski definition) is 5. The van der Waals surface area contributed by atoms with Crippen molar-refractivity contribution in [1.82, 2.24) is 15.5 Å². The molecule has 7 heteroatoms. The van der Waals surface area contributed by atoms with E-state index in [1.807, 2.05) is 25.1 Å². The number of nitrogens with zero attached hydrogens (tertiary/aromatic N) is 1. The maximum atomic E-state index is 12.3. The van der Waals surface area contributed by atoms with Gasteiger partial charge in [0.1, 0.15) is 5.75 Å². The Hall–Kier alpha value is -2.90. The third-order valence-corrected chi connectivity index (χ3v) is 7.50. The minimum absolute atomic E-state index is 0.0236. The summed E-state index contributed by atoms with van der Waals surface area (Å²) in [6.45, 7) is 4.26. The molecule has 0 spiro atoms. The zero-order valence-corrected chi connectivity index (χ0v) is 19.7. The van der Waals surface area contributed by atoms with Gasteiger partial charge in [-0.25, -0.2) is 0 Å². The number of likely N-dealkylation sites (tertiary alicyclic amines) is 1. The number of carbonyl (C=O) groups is 2. The van der Waals surface area contributed by atoms with Crippen LogP contribution in [0.25, 0.3) is 0 Å². The SMILES string of the molecule is Cc1cccc(C(=O)NCC(=O)NC2CN([C@H]3CC[C@@](O)(c4ccc5c(c4)OCC5)CC3)C2)c1. The van der Waals surface area contributed by atoms with Gasteiger partial charge in [-0.2, -0.15) is 0 Å². The topological polar surface area (TPSA) is 90.9 Å². The quantitative estimate of drug-likeness (QED) is 0.612. The Labute approximate surface area is 200 Å². The van der Waals surface area contributed by atoms with E-state index in [-0.39, 0.29) is 24.4 Å². The van der Waals surface area contributed by atoms with E-state index in [1.165, 1.54) is 5.56 Å². The molecule has 7 nitrogen and oxygen atoms in total. The molecule has 3 aliphatic rings. The summed E-state index contributed by atoms with van der Waals surface area (Å²) < 4.78 is 5.68. The molecule has 1 saturated heterocycles. The summed E-state index contributed by atoms with van der Waals surface area (Å²) in [7, 11) is 0. The van der Waals surface area contributed by atoms with Gasteiger partial charge in [-0.1, -0.05) is 29.8 Å². The summed E-state index contributed by atoms with van der Waals surface area (Å²) >= 11 is 0. The van der Waals surface area contributed by atoms with Gasteiger partial charge in [0.15, 0.2) is 0 Å². The summed E-state index contributed by atoms with van der Waals surface area (Å²) in [5, 5.41) is 17.0. The first-order chi connectivity index (χ1) is 16.4. The van der Waals surface area contributed by atoms with Gasteiger partial charge in [-0.3, -0.25) is 14.5 Å². The van der Waals surface area contributed by atoms with E-state index in [9.17, 15) is 14.7 Å². The van der Waals surface area contributed by atoms with Crippen molar-refractivity contribution in [2.75, 3.05) is 26.2 Å². The minimum Gasteiger partial charge on any atom is -0.493 e. The number of rotatable bonds is 6. The van der Waals surface area contributed by atoms with Gasteiger partial charge in [0.2, 0.25) is 5.91 Å². The molecule has 0 radical (unpaired) electrons. The second-order valence-corrected chi connectivity index (χ2v) is 9.95. The predicted molar refractivity (Wildman–Crippen MR) is 129 cm³/mol. The molecule has 2 heterocycles. The van der Waals surface area contributed by atoms with Crippen molar-refractivity contribution in [2.45, 2.75) is 56.7 Å². The molecule has 34 heavy (non-hydrogen) atoms. The highest BCUT2D eigenvalue weighted by molar-refractivity contribution is 5.96. The molecule has 0 atom stereocenters. The Morgan fingerprint density at radius 1 is 1.15 bits per heavy atom. The Morgan fingerprint density at radius 3 is 2.71 bits per heavy atom. The third kappa shape index (κ3) is 4.81. The molecule has 180 valence electrons. The van der Waals surface area contributed by atoms with Gasteiger partial charge >= 0.3 is 0 Å². The molecule has 2 aliphatic heterocycles. The predicted octanol–water partition coefficient (Wildman–Crippen LogP) is 2.29. The molecule has 1 saturated carbocycles. The van der Waals surface area contributed by atoms with E-state index < -0.39 is 5.60 Å². The lowest BCUT2D eigenvalue weighted by molar-refractivity contribution is -0.122. The lowest BCUT2D eigenvalue weighted by atomic mass is 9.76. The van der Waals surface area contributed by atoms with Gasteiger partial charge in [-0.05, 0) is 61.9 Å². The number of aliphatic hydroxyl groups is 1. The average molecular weight is 464 g/mol. The van der Waals surface area contributed by atoms with Gasteiger partial charge in [0.25, 0.3) is 5.91 Å². The van der Waals surface area contributed by atoms with Crippen LogP contribution in [0.15, 0.2) is 42.5 Å². The van der Waals surface area contributed by atoms with E-state index >= 15 is 0 Å². The van der Waals surface area contributed by atoms with Gasteiger partial charge in [0.05, 0.1) is 24.8 Å². The first-order valence-corrected chi connectivity index (χ1v) is 12.3. The Morgan fingerprint density at radius 2 is 1.94 bits per heavy atom. The highest BCUT2D eigenvalue weighted by atomic mass is 16.5. The number of fused-ring (bicyclic) bond motifs is 1.